The van der Waals surface area contributed by atoms with E-state index < -0.39 is 0 Å². The van der Waals surface area contributed by atoms with Crippen LogP contribution < -0.4 is 5.73 Å². The van der Waals surface area contributed by atoms with Crippen LogP contribution in [0.25, 0.3) is 0 Å². The number of hydrogen-bond donors (Lipinski definition) is 1. The summed E-state index contributed by atoms with van der Waals surface area (Å²) < 4.78 is 0. The summed E-state index contributed by atoms with van der Waals surface area (Å²) in [5, 5.41) is 0. The number of carbonyl (C=O) groups is 1. The van der Waals surface area contributed by atoms with Crippen LogP contribution in [0.2, 0.25) is 0 Å². The average Bonchev–Trinajstić information content (AvgIpc) is 2.54. The van der Waals surface area contributed by atoms with E-state index >= 15 is 0 Å². The molecule has 0 aromatic carbocycles. The fourth-order valence-corrected chi connectivity index (χ4v) is 3.15. The summed E-state index contributed by atoms with van der Waals surface area (Å²) in [5.74, 6) is 0.301. The van der Waals surface area contributed by atoms with Gasteiger partial charge in [0.2, 0.25) is 5.91 Å². The van der Waals surface area contributed by atoms with Crippen LogP contribution in [0.3, 0.4) is 0 Å². The van der Waals surface area contributed by atoms with Crippen LogP contribution >= 0.6 is 0 Å². The third-order valence-corrected chi connectivity index (χ3v) is 4.79. The normalized spacial score (nSPS) is 18.8. The molecule has 0 aromatic rings. The Morgan fingerprint density at radius 2 is 1.90 bits per heavy atom. The smallest absolute Gasteiger partial charge is 0.224 e. The highest BCUT2D eigenvalue weighted by Crippen LogP contribution is 2.16. The maximum Gasteiger partial charge on any atom is 0.224 e. The second kappa shape index (κ2) is 10.2. The Bertz CT molecular complexity index is 290. The van der Waals surface area contributed by atoms with E-state index in [1.165, 1.54) is 19.3 Å². The first-order valence-corrected chi connectivity index (χ1v) is 8.87. The van der Waals surface area contributed by atoms with Gasteiger partial charge in [-0.15, -0.1) is 0 Å². The van der Waals surface area contributed by atoms with Crippen LogP contribution in [-0.2, 0) is 4.79 Å². The molecule has 2 unspecified atom stereocenters. The second-order valence-electron chi connectivity index (χ2n) is 6.38. The number of rotatable bonds is 9. The summed E-state index contributed by atoms with van der Waals surface area (Å²) in [6, 6.07) is 0.695. The SMILES string of the molecule is CCCCN(C(C)CC)C(CN)CC(=O)N1CCCCC1. The van der Waals surface area contributed by atoms with Crippen LogP contribution in [0.15, 0.2) is 0 Å². The Kier molecular flexibility index (Phi) is 8.93. The first-order chi connectivity index (χ1) is 10.1. The molecule has 1 heterocycles. The van der Waals surface area contributed by atoms with Gasteiger partial charge in [0, 0.05) is 38.1 Å². The first kappa shape index (κ1) is 18.4. The Morgan fingerprint density at radius 3 is 2.43 bits per heavy atom. The zero-order chi connectivity index (χ0) is 15.7. The highest BCUT2D eigenvalue weighted by atomic mass is 16.2. The molecule has 0 bridgehead atoms. The lowest BCUT2D eigenvalue weighted by Crippen LogP contribution is -2.49. The Labute approximate surface area is 131 Å². The fraction of sp³-hybridized carbons (Fsp3) is 0.941. The predicted octanol–water partition coefficient (Wildman–Crippen LogP) is 2.62. The van der Waals surface area contributed by atoms with Crippen molar-refractivity contribution in [2.75, 3.05) is 26.2 Å². The molecule has 4 nitrogen and oxygen atoms in total. The minimum atomic E-state index is 0.195. The number of likely N-dealkylation sites (tertiary alicyclic amines) is 1. The van der Waals surface area contributed by atoms with Crippen LogP contribution in [0.4, 0.5) is 0 Å². The average molecular weight is 297 g/mol. The molecule has 0 aromatic heterocycles. The Hall–Kier alpha value is -0.610. The van der Waals surface area contributed by atoms with Crippen molar-refractivity contribution in [1.82, 2.24) is 9.80 Å². The third-order valence-electron chi connectivity index (χ3n) is 4.79. The van der Waals surface area contributed by atoms with Gasteiger partial charge in [0.25, 0.3) is 0 Å². The van der Waals surface area contributed by atoms with Crippen molar-refractivity contribution in [2.24, 2.45) is 5.73 Å². The molecule has 1 saturated heterocycles. The van der Waals surface area contributed by atoms with Crippen molar-refractivity contribution in [1.29, 1.82) is 0 Å². The van der Waals surface area contributed by atoms with E-state index in [1.54, 1.807) is 0 Å². The highest BCUT2D eigenvalue weighted by Gasteiger charge is 2.26. The van der Waals surface area contributed by atoms with Crippen LogP contribution in [0, 0.1) is 0 Å². The lowest BCUT2D eigenvalue weighted by atomic mass is 10.0. The van der Waals surface area contributed by atoms with Gasteiger partial charge in [0.15, 0.2) is 0 Å². The fourth-order valence-electron chi connectivity index (χ4n) is 3.15. The molecule has 0 radical (unpaired) electrons. The molecule has 0 aliphatic carbocycles. The second-order valence-corrected chi connectivity index (χ2v) is 6.38. The summed E-state index contributed by atoms with van der Waals surface area (Å²) >= 11 is 0. The van der Waals surface area contributed by atoms with E-state index in [0.717, 1.165) is 38.9 Å². The molecule has 124 valence electrons. The van der Waals surface area contributed by atoms with Gasteiger partial charge >= 0.3 is 0 Å². The van der Waals surface area contributed by atoms with Gasteiger partial charge in [-0.05, 0) is 45.6 Å². The van der Waals surface area contributed by atoms with E-state index in [4.69, 9.17) is 5.73 Å². The van der Waals surface area contributed by atoms with Crippen molar-refractivity contribution in [3.05, 3.63) is 0 Å². The number of nitrogens with two attached hydrogens (primary N) is 1. The first-order valence-electron chi connectivity index (χ1n) is 8.87. The molecule has 2 N–H and O–H groups in total. The molecular formula is C17H35N3O. The standard InChI is InChI=1S/C17H35N3O/c1-4-6-12-20(15(3)5-2)16(14-18)13-17(21)19-10-8-7-9-11-19/h15-16H,4-14,18H2,1-3H3. The van der Waals surface area contributed by atoms with E-state index in [-0.39, 0.29) is 6.04 Å². The maximum absolute atomic E-state index is 12.5. The molecule has 1 fully saturated rings. The summed E-state index contributed by atoms with van der Waals surface area (Å²) in [6.45, 7) is 10.2. The van der Waals surface area contributed by atoms with E-state index in [1.807, 2.05) is 4.90 Å². The van der Waals surface area contributed by atoms with Gasteiger partial charge in [-0.2, -0.15) is 0 Å². The van der Waals surface area contributed by atoms with Crippen LogP contribution in [0.1, 0.15) is 65.7 Å². The van der Waals surface area contributed by atoms with Crippen molar-refractivity contribution in [2.45, 2.75) is 77.8 Å². The minimum absolute atomic E-state index is 0.195. The number of nitrogens with zero attached hydrogens (tertiary/aromatic N) is 2. The zero-order valence-electron chi connectivity index (χ0n) is 14.3. The van der Waals surface area contributed by atoms with E-state index in [9.17, 15) is 4.79 Å². The highest BCUT2D eigenvalue weighted by molar-refractivity contribution is 5.77. The largest absolute Gasteiger partial charge is 0.343 e. The number of carbonyl (C=O) groups excluding carboxylic acids is 1. The summed E-state index contributed by atoms with van der Waals surface area (Å²) in [5.41, 5.74) is 6.00. The van der Waals surface area contributed by atoms with Crippen molar-refractivity contribution < 1.29 is 4.79 Å². The summed E-state index contributed by atoms with van der Waals surface area (Å²) in [6.07, 6.45) is 7.64. The topological polar surface area (TPSA) is 49.6 Å². The monoisotopic (exact) mass is 297 g/mol. The third kappa shape index (κ3) is 5.95. The van der Waals surface area contributed by atoms with Crippen molar-refractivity contribution in [3.8, 4) is 0 Å². The van der Waals surface area contributed by atoms with Crippen LogP contribution in [0.5, 0.6) is 0 Å². The van der Waals surface area contributed by atoms with Gasteiger partial charge in [-0.3, -0.25) is 9.69 Å². The van der Waals surface area contributed by atoms with E-state index in [2.05, 4.69) is 25.7 Å². The Balaban J connectivity index is 2.61. The van der Waals surface area contributed by atoms with Gasteiger partial charge in [0.1, 0.15) is 0 Å². The molecule has 21 heavy (non-hydrogen) atoms. The molecular weight excluding hydrogens is 262 g/mol. The number of piperidine rings is 1. The summed E-state index contributed by atoms with van der Waals surface area (Å²) in [7, 11) is 0. The number of unbranched alkanes of at least 4 members (excludes halogenated alkanes) is 1. The van der Waals surface area contributed by atoms with Gasteiger partial charge in [0.05, 0.1) is 0 Å². The van der Waals surface area contributed by atoms with Crippen molar-refractivity contribution >= 4 is 5.91 Å². The van der Waals surface area contributed by atoms with Gasteiger partial charge in [-0.1, -0.05) is 20.3 Å². The predicted molar refractivity (Wildman–Crippen MR) is 89.3 cm³/mol. The van der Waals surface area contributed by atoms with Crippen molar-refractivity contribution in [3.63, 3.8) is 0 Å². The van der Waals surface area contributed by atoms with Crippen LogP contribution in [-0.4, -0.2) is 54.0 Å². The lowest BCUT2D eigenvalue weighted by molar-refractivity contribution is -0.133. The zero-order valence-corrected chi connectivity index (χ0v) is 14.3. The summed E-state index contributed by atoms with van der Waals surface area (Å²) in [4.78, 5) is 17.0. The van der Waals surface area contributed by atoms with E-state index in [0.29, 0.717) is 24.9 Å². The molecule has 2 atom stereocenters. The minimum Gasteiger partial charge on any atom is -0.343 e. The molecule has 0 saturated carbocycles. The molecule has 4 heteroatoms. The molecule has 1 aliphatic rings. The molecule has 1 rings (SSSR count). The number of amides is 1. The quantitative estimate of drug-likeness (QED) is 0.712. The maximum atomic E-state index is 12.5. The molecule has 1 aliphatic heterocycles. The molecule has 1 amide bonds. The lowest BCUT2D eigenvalue weighted by Gasteiger charge is -2.37. The molecule has 0 spiro atoms. The van der Waals surface area contributed by atoms with Gasteiger partial charge < -0.3 is 10.6 Å². The number of hydrogen-bond acceptors (Lipinski definition) is 3. The van der Waals surface area contributed by atoms with Gasteiger partial charge in [-0.25, -0.2) is 0 Å². The Morgan fingerprint density at radius 1 is 1.24 bits per heavy atom.